The minimum atomic E-state index is 0.160. The summed E-state index contributed by atoms with van der Waals surface area (Å²) in [5.74, 6) is 0. The van der Waals surface area contributed by atoms with Crippen LogP contribution in [0.1, 0.15) is 27.2 Å². The van der Waals surface area contributed by atoms with Gasteiger partial charge in [0.2, 0.25) is 0 Å². The van der Waals surface area contributed by atoms with E-state index in [1.54, 1.807) is 0 Å². The zero-order valence-electron chi connectivity index (χ0n) is 7.02. The second-order valence-corrected chi connectivity index (χ2v) is 2.54. The average Bonchev–Trinajstić information content (AvgIpc) is 1.99. The van der Waals surface area contributed by atoms with Crippen molar-refractivity contribution in [2.24, 2.45) is 0 Å². The third kappa shape index (κ3) is 4.33. The third-order valence-electron chi connectivity index (χ3n) is 1.46. The van der Waals surface area contributed by atoms with E-state index in [-0.39, 0.29) is 6.61 Å². The summed E-state index contributed by atoms with van der Waals surface area (Å²) in [4.78, 5) is 0. The molecule has 0 saturated heterocycles. The summed E-state index contributed by atoms with van der Waals surface area (Å²) in [7, 11) is 0. The SMILES string of the molecule is CC/C(C)=C\C=C(/C)CO. The van der Waals surface area contributed by atoms with Gasteiger partial charge >= 0.3 is 0 Å². The summed E-state index contributed by atoms with van der Waals surface area (Å²) >= 11 is 0. The van der Waals surface area contributed by atoms with E-state index in [1.807, 2.05) is 19.1 Å². The van der Waals surface area contributed by atoms with Crippen molar-refractivity contribution < 1.29 is 5.11 Å². The van der Waals surface area contributed by atoms with E-state index in [0.29, 0.717) is 0 Å². The molecule has 1 N–H and O–H groups in total. The van der Waals surface area contributed by atoms with Gasteiger partial charge in [-0.05, 0) is 25.8 Å². The van der Waals surface area contributed by atoms with Gasteiger partial charge < -0.3 is 5.11 Å². The molecule has 0 spiro atoms. The molecule has 0 amide bonds. The molecule has 0 rings (SSSR count). The lowest BCUT2D eigenvalue weighted by Gasteiger charge is -1.92. The van der Waals surface area contributed by atoms with Gasteiger partial charge in [-0.3, -0.25) is 0 Å². The Kier molecular flexibility index (Phi) is 4.95. The fraction of sp³-hybridized carbons (Fsp3) is 0.556. The molecular weight excluding hydrogens is 124 g/mol. The van der Waals surface area contributed by atoms with Crippen molar-refractivity contribution in [1.29, 1.82) is 0 Å². The van der Waals surface area contributed by atoms with Gasteiger partial charge in [0, 0.05) is 0 Å². The maximum atomic E-state index is 8.62. The van der Waals surface area contributed by atoms with E-state index in [9.17, 15) is 0 Å². The van der Waals surface area contributed by atoms with E-state index >= 15 is 0 Å². The lowest BCUT2D eigenvalue weighted by atomic mass is 10.2. The first-order chi connectivity index (χ1) is 4.70. The van der Waals surface area contributed by atoms with Crippen molar-refractivity contribution in [1.82, 2.24) is 0 Å². The van der Waals surface area contributed by atoms with E-state index in [0.717, 1.165) is 12.0 Å². The first-order valence-corrected chi connectivity index (χ1v) is 3.64. The fourth-order valence-electron chi connectivity index (χ4n) is 0.455. The average molecular weight is 140 g/mol. The Balaban J connectivity index is 3.91. The number of rotatable bonds is 3. The van der Waals surface area contributed by atoms with Crippen LogP contribution in [-0.2, 0) is 0 Å². The van der Waals surface area contributed by atoms with Gasteiger partial charge in [-0.1, -0.05) is 24.6 Å². The minimum absolute atomic E-state index is 0.160. The standard InChI is InChI=1S/C9H16O/c1-4-8(2)5-6-9(3)7-10/h5-6,10H,4,7H2,1-3H3/b8-5-,9-6+. The molecular formula is C9H16O. The van der Waals surface area contributed by atoms with Crippen LogP contribution in [0.25, 0.3) is 0 Å². The molecule has 0 heterocycles. The Morgan fingerprint density at radius 2 is 1.70 bits per heavy atom. The molecule has 1 heteroatoms. The number of allylic oxidation sites excluding steroid dienone is 3. The van der Waals surface area contributed by atoms with Crippen LogP contribution in [0.5, 0.6) is 0 Å². The lowest BCUT2D eigenvalue weighted by molar-refractivity contribution is 0.331. The Hall–Kier alpha value is -0.560. The maximum Gasteiger partial charge on any atom is 0.0642 e. The number of aliphatic hydroxyl groups is 1. The Morgan fingerprint density at radius 3 is 2.10 bits per heavy atom. The smallest absolute Gasteiger partial charge is 0.0642 e. The van der Waals surface area contributed by atoms with Gasteiger partial charge in [0.05, 0.1) is 6.61 Å². The summed E-state index contributed by atoms with van der Waals surface area (Å²) in [6.07, 6.45) is 5.08. The molecule has 0 aromatic heterocycles. The third-order valence-corrected chi connectivity index (χ3v) is 1.46. The Labute approximate surface area is 63.1 Å². The molecule has 0 bridgehead atoms. The molecule has 58 valence electrons. The van der Waals surface area contributed by atoms with Crippen LogP contribution in [-0.4, -0.2) is 11.7 Å². The molecule has 0 aliphatic heterocycles. The maximum absolute atomic E-state index is 8.62. The van der Waals surface area contributed by atoms with Crippen LogP contribution >= 0.6 is 0 Å². The summed E-state index contributed by atoms with van der Waals surface area (Å²) < 4.78 is 0. The Morgan fingerprint density at radius 1 is 1.20 bits per heavy atom. The van der Waals surface area contributed by atoms with E-state index in [4.69, 9.17) is 5.11 Å². The highest BCUT2D eigenvalue weighted by Gasteiger charge is 1.82. The summed E-state index contributed by atoms with van der Waals surface area (Å²) in [5, 5.41) is 8.62. The van der Waals surface area contributed by atoms with Crippen molar-refractivity contribution in [3.8, 4) is 0 Å². The molecule has 0 aromatic rings. The molecule has 1 nitrogen and oxygen atoms in total. The van der Waals surface area contributed by atoms with E-state index in [1.165, 1.54) is 5.57 Å². The summed E-state index contributed by atoms with van der Waals surface area (Å²) in [6, 6.07) is 0. The molecule has 0 fully saturated rings. The highest BCUT2D eigenvalue weighted by Crippen LogP contribution is 1.99. The fourth-order valence-corrected chi connectivity index (χ4v) is 0.455. The van der Waals surface area contributed by atoms with Crippen LogP contribution in [0.4, 0.5) is 0 Å². The topological polar surface area (TPSA) is 20.2 Å². The highest BCUT2D eigenvalue weighted by molar-refractivity contribution is 5.15. The van der Waals surface area contributed by atoms with Crippen LogP contribution < -0.4 is 0 Å². The number of aliphatic hydroxyl groups excluding tert-OH is 1. The molecule has 0 aliphatic carbocycles. The van der Waals surface area contributed by atoms with Gasteiger partial charge in [0.15, 0.2) is 0 Å². The molecule has 0 unspecified atom stereocenters. The predicted octanol–water partition coefficient (Wildman–Crippen LogP) is 2.28. The molecule has 0 saturated carbocycles. The van der Waals surface area contributed by atoms with Gasteiger partial charge in [-0.25, -0.2) is 0 Å². The number of hydrogen-bond acceptors (Lipinski definition) is 1. The highest BCUT2D eigenvalue weighted by atomic mass is 16.3. The summed E-state index contributed by atoms with van der Waals surface area (Å²) in [6.45, 7) is 6.28. The van der Waals surface area contributed by atoms with Crippen molar-refractivity contribution >= 4 is 0 Å². The predicted molar refractivity (Wildman–Crippen MR) is 44.9 cm³/mol. The van der Waals surface area contributed by atoms with Gasteiger partial charge in [0.1, 0.15) is 0 Å². The van der Waals surface area contributed by atoms with E-state index < -0.39 is 0 Å². The first-order valence-electron chi connectivity index (χ1n) is 3.64. The molecule has 0 aromatic carbocycles. The second kappa shape index (κ2) is 5.24. The van der Waals surface area contributed by atoms with Crippen molar-refractivity contribution in [3.63, 3.8) is 0 Å². The largest absolute Gasteiger partial charge is 0.392 e. The molecule has 0 aliphatic rings. The van der Waals surface area contributed by atoms with Crippen LogP contribution in [0, 0.1) is 0 Å². The zero-order chi connectivity index (χ0) is 7.98. The monoisotopic (exact) mass is 140 g/mol. The van der Waals surface area contributed by atoms with Gasteiger partial charge in [-0.15, -0.1) is 0 Å². The van der Waals surface area contributed by atoms with Crippen molar-refractivity contribution in [2.75, 3.05) is 6.61 Å². The van der Waals surface area contributed by atoms with Gasteiger partial charge in [-0.2, -0.15) is 0 Å². The van der Waals surface area contributed by atoms with Crippen LogP contribution in [0.2, 0.25) is 0 Å². The minimum Gasteiger partial charge on any atom is -0.392 e. The lowest BCUT2D eigenvalue weighted by Crippen LogP contribution is -1.81. The number of hydrogen-bond donors (Lipinski definition) is 1. The second-order valence-electron chi connectivity index (χ2n) is 2.54. The summed E-state index contributed by atoms with van der Waals surface area (Å²) in [5.41, 5.74) is 2.35. The van der Waals surface area contributed by atoms with Crippen LogP contribution in [0.15, 0.2) is 23.3 Å². The molecule has 0 atom stereocenters. The zero-order valence-corrected chi connectivity index (χ0v) is 7.02. The van der Waals surface area contributed by atoms with Crippen molar-refractivity contribution in [2.45, 2.75) is 27.2 Å². The van der Waals surface area contributed by atoms with Crippen molar-refractivity contribution in [3.05, 3.63) is 23.3 Å². The normalized spacial score (nSPS) is 14.0. The van der Waals surface area contributed by atoms with Crippen LogP contribution in [0.3, 0.4) is 0 Å². The first kappa shape index (κ1) is 9.44. The molecule has 10 heavy (non-hydrogen) atoms. The molecule has 0 radical (unpaired) electrons. The van der Waals surface area contributed by atoms with Gasteiger partial charge in [0.25, 0.3) is 0 Å². The van der Waals surface area contributed by atoms with E-state index in [2.05, 4.69) is 13.8 Å². The Bertz CT molecular complexity index is 125. The quantitative estimate of drug-likeness (QED) is 0.596.